The van der Waals surface area contributed by atoms with Crippen molar-refractivity contribution in [2.75, 3.05) is 19.5 Å². The number of hydrogen-bond acceptors (Lipinski definition) is 7. The lowest BCUT2D eigenvalue weighted by atomic mass is 10.1. The average Bonchev–Trinajstić information content (AvgIpc) is 3.44. The summed E-state index contributed by atoms with van der Waals surface area (Å²) in [6.07, 6.45) is 4.37. The first kappa shape index (κ1) is 21.8. The highest BCUT2D eigenvalue weighted by Crippen LogP contribution is 2.32. The number of nitrogens with one attached hydrogen (secondary N) is 1. The van der Waals surface area contributed by atoms with Crippen LogP contribution >= 0.6 is 0 Å². The average molecular weight is 458 g/mol. The summed E-state index contributed by atoms with van der Waals surface area (Å²) in [6.45, 7) is 1.11. The standard InChI is InChI=1S/C22H22N2O7S/c1-32(27,28)21-7-4-15(12-23-21)31-18-10-14(19-5-6-20(24-19)22(25)26)9-17(11-18)30-13-16-3-2-8-29-16/h4-7,9-12,16,24H,2-3,8,13H2,1H3,(H,25,26). The Hall–Kier alpha value is -3.37. The van der Waals surface area contributed by atoms with Crippen LogP contribution in [0.4, 0.5) is 0 Å². The topological polar surface area (TPSA) is 128 Å². The minimum Gasteiger partial charge on any atom is -0.491 e. The van der Waals surface area contributed by atoms with E-state index < -0.39 is 15.8 Å². The summed E-state index contributed by atoms with van der Waals surface area (Å²) in [5.41, 5.74) is 1.31. The number of ether oxygens (including phenoxy) is 3. The molecule has 0 radical (unpaired) electrons. The van der Waals surface area contributed by atoms with Crippen LogP contribution in [-0.2, 0) is 14.6 Å². The number of carboxylic acid groups (broad SMARTS) is 1. The zero-order chi connectivity index (χ0) is 22.7. The summed E-state index contributed by atoms with van der Waals surface area (Å²) in [6, 6.07) is 11.2. The van der Waals surface area contributed by atoms with Gasteiger partial charge in [0.05, 0.1) is 12.3 Å². The van der Waals surface area contributed by atoms with Crippen LogP contribution in [0.5, 0.6) is 17.2 Å². The fraction of sp³-hybridized carbons (Fsp3) is 0.273. The Morgan fingerprint density at radius 2 is 2.00 bits per heavy atom. The van der Waals surface area contributed by atoms with Crippen molar-refractivity contribution in [1.82, 2.24) is 9.97 Å². The maximum absolute atomic E-state index is 11.6. The Morgan fingerprint density at radius 3 is 2.62 bits per heavy atom. The van der Waals surface area contributed by atoms with Gasteiger partial charge in [0, 0.05) is 30.2 Å². The number of nitrogens with zero attached hydrogens (tertiary/aromatic N) is 1. The maximum Gasteiger partial charge on any atom is 0.352 e. The second-order valence-electron chi connectivity index (χ2n) is 7.44. The molecule has 9 nitrogen and oxygen atoms in total. The summed E-state index contributed by atoms with van der Waals surface area (Å²) in [7, 11) is -3.41. The molecule has 0 bridgehead atoms. The van der Waals surface area contributed by atoms with E-state index in [-0.39, 0.29) is 16.8 Å². The van der Waals surface area contributed by atoms with Crippen molar-refractivity contribution in [3.63, 3.8) is 0 Å². The molecule has 0 aliphatic carbocycles. The fourth-order valence-corrected chi connectivity index (χ4v) is 3.86. The Labute approximate surface area is 184 Å². The molecule has 32 heavy (non-hydrogen) atoms. The van der Waals surface area contributed by atoms with Gasteiger partial charge in [-0.15, -0.1) is 0 Å². The summed E-state index contributed by atoms with van der Waals surface area (Å²) in [4.78, 5) is 18.0. The third kappa shape index (κ3) is 5.27. The molecule has 3 aromatic rings. The maximum atomic E-state index is 11.6. The SMILES string of the molecule is CS(=O)(=O)c1ccc(Oc2cc(OCC3CCCO3)cc(-c3ccc(C(=O)O)[nH]3)c2)cn1. The van der Waals surface area contributed by atoms with E-state index in [9.17, 15) is 18.3 Å². The lowest BCUT2D eigenvalue weighted by molar-refractivity contribution is 0.0678. The molecule has 1 unspecified atom stereocenters. The molecule has 1 aromatic carbocycles. The van der Waals surface area contributed by atoms with Gasteiger partial charge in [-0.2, -0.15) is 0 Å². The van der Waals surface area contributed by atoms with Crippen molar-refractivity contribution in [2.45, 2.75) is 24.0 Å². The number of H-pyrrole nitrogens is 1. The molecule has 3 heterocycles. The van der Waals surface area contributed by atoms with Gasteiger partial charge in [-0.25, -0.2) is 18.2 Å². The quantitative estimate of drug-likeness (QED) is 0.525. The number of aromatic carboxylic acids is 1. The minimum absolute atomic E-state index is 0.0277. The largest absolute Gasteiger partial charge is 0.491 e. The minimum atomic E-state index is -3.41. The molecule has 1 atom stereocenters. The summed E-state index contributed by atoms with van der Waals surface area (Å²) >= 11 is 0. The molecular formula is C22H22N2O7S. The molecule has 1 aliphatic rings. The molecule has 1 fully saturated rings. The third-order valence-corrected chi connectivity index (χ3v) is 5.89. The van der Waals surface area contributed by atoms with Crippen LogP contribution in [0.2, 0.25) is 0 Å². The van der Waals surface area contributed by atoms with E-state index in [0.717, 1.165) is 25.7 Å². The highest BCUT2D eigenvalue weighted by molar-refractivity contribution is 7.90. The van der Waals surface area contributed by atoms with E-state index in [1.165, 1.54) is 24.4 Å². The fourth-order valence-electron chi connectivity index (χ4n) is 3.31. The Bertz CT molecular complexity index is 1210. The van der Waals surface area contributed by atoms with E-state index in [1.54, 1.807) is 24.3 Å². The van der Waals surface area contributed by atoms with E-state index in [0.29, 0.717) is 35.1 Å². The molecule has 0 spiro atoms. The molecule has 4 rings (SSSR count). The number of benzene rings is 1. The Balaban J connectivity index is 1.61. The number of sulfone groups is 1. The monoisotopic (exact) mass is 458 g/mol. The van der Waals surface area contributed by atoms with E-state index in [2.05, 4.69) is 9.97 Å². The molecule has 2 aromatic heterocycles. The van der Waals surface area contributed by atoms with E-state index >= 15 is 0 Å². The predicted octanol–water partition coefficient (Wildman–Crippen LogP) is 3.53. The van der Waals surface area contributed by atoms with Crippen LogP contribution in [0, 0.1) is 0 Å². The molecule has 0 saturated carbocycles. The van der Waals surface area contributed by atoms with Gasteiger partial charge in [-0.3, -0.25) is 0 Å². The van der Waals surface area contributed by atoms with Gasteiger partial charge in [-0.05, 0) is 49.2 Å². The van der Waals surface area contributed by atoms with Gasteiger partial charge in [0.1, 0.15) is 29.5 Å². The van der Waals surface area contributed by atoms with Gasteiger partial charge in [-0.1, -0.05) is 0 Å². The van der Waals surface area contributed by atoms with Gasteiger partial charge in [0.25, 0.3) is 0 Å². The zero-order valence-corrected chi connectivity index (χ0v) is 18.1. The van der Waals surface area contributed by atoms with Gasteiger partial charge in [0.15, 0.2) is 14.9 Å². The predicted molar refractivity (Wildman–Crippen MR) is 115 cm³/mol. The van der Waals surface area contributed by atoms with Crippen molar-refractivity contribution in [3.8, 4) is 28.5 Å². The number of carbonyl (C=O) groups is 1. The van der Waals surface area contributed by atoms with Gasteiger partial charge in [0.2, 0.25) is 0 Å². The first-order valence-corrected chi connectivity index (χ1v) is 11.8. The lowest BCUT2D eigenvalue weighted by Gasteiger charge is -2.14. The van der Waals surface area contributed by atoms with Crippen LogP contribution in [0.25, 0.3) is 11.3 Å². The first-order valence-electron chi connectivity index (χ1n) is 9.94. The molecule has 168 valence electrons. The second-order valence-corrected chi connectivity index (χ2v) is 9.40. The van der Waals surface area contributed by atoms with Crippen LogP contribution in [0.3, 0.4) is 0 Å². The van der Waals surface area contributed by atoms with Crippen LogP contribution in [0.1, 0.15) is 23.3 Å². The van der Waals surface area contributed by atoms with E-state index in [1.807, 2.05) is 0 Å². The number of carboxylic acids is 1. The van der Waals surface area contributed by atoms with Gasteiger partial charge < -0.3 is 24.3 Å². The smallest absolute Gasteiger partial charge is 0.352 e. The highest BCUT2D eigenvalue weighted by Gasteiger charge is 2.17. The van der Waals surface area contributed by atoms with Crippen LogP contribution in [-0.4, -0.2) is 55.0 Å². The molecule has 2 N–H and O–H groups in total. The Kier molecular flexibility index (Phi) is 6.15. The molecule has 10 heteroatoms. The summed E-state index contributed by atoms with van der Waals surface area (Å²) in [5, 5.41) is 9.14. The van der Waals surface area contributed by atoms with E-state index in [4.69, 9.17) is 14.2 Å². The molecule has 1 saturated heterocycles. The van der Waals surface area contributed by atoms with Crippen LogP contribution in [0.15, 0.2) is 53.7 Å². The number of rotatable bonds is 8. The first-order chi connectivity index (χ1) is 15.3. The number of hydrogen-bond donors (Lipinski definition) is 2. The van der Waals surface area contributed by atoms with Crippen molar-refractivity contribution in [2.24, 2.45) is 0 Å². The highest BCUT2D eigenvalue weighted by atomic mass is 32.2. The normalized spacial score (nSPS) is 16.1. The Morgan fingerprint density at radius 1 is 1.19 bits per heavy atom. The molecular weight excluding hydrogens is 436 g/mol. The summed E-state index contributed by atoms with van der Waals surface area (Å²) in [5.74, 6) is 0.235. The molecule has 0 amide bonds. The zero-order valence-electron chi connectivity index (χ0n) is 17.3. The van der Waals surface area contributed by atoms with Crippen molar-refractivity contribution in [3.05, 3.63) is 54.4 Å². The van der Waals surface area contributed by atoms with Crippen molar-refractivity contribution in [1.29, 1.82) is 0 Å². The van der Waals surface area contributed by atoms with Crippen molar-refractivity contribution >= 4 is 15.8 Å². The molecule has 1 aliphatic heterocycles. The lowest BCUT2D eigenvalue weighted by Crippen LogP contribution is -2.16. The number of pyridine rings is 1. The third-order valence-electron chi connectivity index (χ3n) is 4.89. The number of aromatic nitrogens is 2. The van der Waals surface area contributed by atoms with Gasteiger partial charge >= 0.3 is 5.97 Å². The van der Waals surface area contributed by atoms with Crippen LogP contribution < -0.4 is 9.47 Å². The number of aromatic amines is 1. The van der Waals surface area contributed by atoms with Crippen molar-refractivity contribution < 1.29 is 32.5 Å². The second kappa shape index (κ2) is 9.01. The summed E-state index contributed by atoms with van der Waals surface area (Å²) < 4.78 is 40.6.